The number of aromatic nitrogens is 4. The quantitative estimate of drug-likeness (QED) is 0.497. The summed E-state index contributed by atoms with van der Waals surface area (Å²) in [6, 6.07) is 14.2. The number of hydrogen-bond acceptors (Lipinski definition) is 6. The topological polar surface area (TPSA) is 73.6 Å². The number of rotatable bonds is 6. The van der Waals surface area contributed by atoms with Crippen LogP contribution in [0.4, 0.5) is 5.69 Å². The lowest BCUT2D eigenvalue weighted by Crippen LogP contribution is -2.10. The highest BCUT2D eigenvalue weighted by atomic mass is 16.7. The summed E-state index contributed by atoms with van der Waals surface area (Å²) in [6.45, 7) is 6.49. The molecule has 0 spiro atoms. The zero-order valence-electron chi connectivity index (χ0n) is 17.7. The second-order valence-corrected chi connectivity index (χ2v) is 8.03. The van der Waals surface area contributed by atoms with E-state index >= 15 is 0 Å². The van der Waals surface area contributed by atoms with E-state index in [1.165, 1.54) is 0 Å². The van der Waals surface area contributed by atoms with E-state index in [1.807, 2.05) is 35.0 Å². The van der Waals surface area contributed by atoms with Crippen molar-refractivity contribution in [3.63, 3.8) is 0 Å². The van der Waals surface area contributed by atoms with Crippen molar-refractivity contribution in [1.82, 2.24) is 19.6 Å². The molecule has 4 aromatic rings. The molecule has 7 nitrogen and oxygen atoms in total. The van der Waals surface area contributed by atoms with E-state index in [0.717, 1.165) is 46.0 Å². The molecule has 1 saturated heterocycles. The molecule has 158 valence electrons. The summed E-state index contributed by atoms with van der Waals surface area (Å²) >= 11 is 0. The molecule has 3 aromatic heterocycles. The van der Waals surface area contributed by atoms with Gasteiger partial charge in [0.2, 0.25) is 0 Å². The van der Waals surface area contributed by atoms with Gasteiger partial charge in [0, 0.05) is 35.6 Å². The maximum Gasteiger partial charge on any atom is 0.184 e. The summed E-state index contributed by atoms with van der Waals surface area (Å²) in [5.74, 6) is 0.514. The molecular formula is C24H25N5O2. The van der Waals surface area contributed by atoms with Crippen molar-refractivity contribution in [3.05, 3.63) is 66.6 Å². The van der Waals surface area contributed by atoms with Crippen LogP contribution in [0, 0.1) is 5.92 Å². The second-order valence-electron chi connectivity index (χ2n) is 8.03. The number of fused-ring (bicyclic) bond motifs is 1. The van der Waals surface area contributed by atoms with Crippen molar-refractivity contribution in [1.29, 1.82) is 0 Å². The van der Waals surface area contributed by atoms with Crippen molar-refractivity contribution in [2.75, 3.05) is 25.1 Å². The van der Waals surface area contributed by atoms with Crippen LogP contribution in [-0.4, -0.2) is 39.3 Å². The Kier molecular flexibility index (Phi) is 5.36. The predicted molar refractivity (Wildman–Crippen MR) is 120 cm³/mol. The van der Waals surface area contributed by atoms with Crippen LogP contribution in [0.15, 0.2) is 61.1 Å². The van der Waals surface area contributed by atoms with Gasteiger partial charge in [-0.3, -0.25) is 4.98 Å². The van der Waals surface area contributed by atoms with Gasteiger partial charge in [-0.25, -0.2) is 9.50 Å². The van der Waals surface area contributed by atoms with Gasteiger partial charge in [-0.05, 0) is 24.1 Å². The van der Waals surface area contributed by atoms with Crippen LogP contribution in [0.3, 0.4) is 0 Å². The summed E-state index contributed by atoms with van der Waals surface area (Å²) in [7, 11) is 0. The van der Waals surface area contributed by atoms with Gasteiger partial charge in [0.1, 0.15) is 0 Å². The predicted octanol–water partition coefficient (Wildman–Crippen LogP) is 4.57. The molecule has 0 radical (unpaired) electrons. The molecule has 31 heavy (non-hydrogen) atoms. The fourth-order valence-electron chi connectivity index (χ4n) is 3.64. The number of nitrogens with zero attached hydrogens (tertiary/aromatic N) is 4. The van der Waals surface area contributed by atoms with E-state index in [1.54, 1.807) is 12.4 Å². The molecule has 0 atom stereocenters. The van der Waals surface area contributed by atoms with Crippen molar-refractivity contribution in [2.45, 2.75) is 20.1 Å². The maximum absolute atomic E-state index is 5.60. The van der Waals surface area contributed by atoms with Gasteiger partial charge in [0.15, 0.2) is 11.9 Å². The monoisotopic (exact) mass is 415 g/mol. The van der Waals surface area contributed by atoms with Crippen LogP contribution < -0.4 is 5.32 Å². The number of imidazole rings is 1. The van der Waals surface area contributed by atoms with Crippen molar-refractivity contribution in [2.24, 2.45) is 5.92 Å². The third kappa shape index (κ3) is 4.02. The number of benzene rings is 1. The summed E-state index contributed by atoms with van der Waals surface area (Å²) in [5, 5.41) is 8.44. The number of nitrogens with one attached hydrogen (secondary N) is 1. The third-order valence-electron chi connectivity index (χ3n) is 5.24. The first kappa shape index (κ1) is 19.7. The Bertz CT molecular complexity index is 1170. The highest BCUT2D eigenvalue weighted by Gasteiger charge is 2.19. The van der Waals surface area contributed by atoms with Crippen LogP contribution in [-0.2, 0) is 9.47 Å². The van der Waals surface area contributed by atoms with Gasteiger partial charge >= 0.3 is 0 Å². The SMILES string of the molecule is CC(C)CNc1cc(-c2ccncc2)nn2c(-c3ccc(C4OCCO4)cc3)cnc12. The lowest BCUT2D eigenvalue weighted by atomic mass is 10.1. The van der Waals surface area contributed by atoms with Crippen LogP contribution >= 0.6 is 0 Å². The smallest absolute Gasteiger partial charge is 0.184 e. The van der Waals surface area contributed by atoms with Gasteiger partial charge in [-0.2, -0.15) is 5.10 Å². The molecule has 7 heteroatoms. The highest BCUT2D eigenvalue weighted by molar-refractivity contribution is 5.77. The zero-order chi connectivity index (χ0) is 21.2. The summed E-state index contributed by atoms with van der Waals surface area (Å²) in [5.41, 5.74) is 6.62. The van der Waals surface area contributed by atoms with Crippen LogP contribution in [0.1, 0.15) is 25.7 Å². The maximum atomic E-state index is 5.60. The Labute approximate surface area is 181 Å². The van der Waals surface area contributed by atoms with Crippen molar-refractivity contribution in [3.8, 4) is 22.5 Å². The molecule has 0 saturated carbocycles. The number of anilines is 1. The molecule has 0 unspecified atom stereocenters. The summed E-state index contributed by atoms with van der Waals surface area (Å²) in [4.78, 5) is 8.81. The van der Waals surface area contributed by atoms with Crippen LogP contribution in [0.5, 0.6) is 0 Å². The first-order chi connectivity index (χ1) is 15.2. The summed E-state index contributed by atoms with van der Waals surface area (Å²) in [6.07, 6.45) is 5.16. The zero-order valence-corrected chi connectivity index (χ0v) is 17.7. The van der Waals surface area contributed by atoms with Gasteiger partial charge in [-0.1, -0.05) is 38.1 Å². The molecule has 1 N–H and O–H groups in total. The van der Waals surface area contributed by atoms with Gasteiger partial charge in [-0.15, -0.1) is 0 Å². The lowest BCUT2D eigenvalue weighted by molar-refractivity contribution is -0.0441. The average molecular weight is 415 g/mol. The van der Waals surface area contributed by atoms with E-state index < -0.39 is 0 Å². The molecule has 0 amide bonds. The Balaban J connectivity index is 1.58. The van der Waals surface area contributed by atoms with E-state index in [-0.39, 0.29) is 6.29 Å². The van der Waals surface area contributed by atoms with Crippen LogP contribution in [0.2, 0.25) is 0 Å². The largest absolute Gasteiger partial charge is 0.382 e. The normalized spacial score (nSPS) is 14.5. The molecule has 1 aliphatic heterocycles. The Hall–Kier alpha value is -3.29. The summed E-state index contributed by atoms with van der Waals surface area (Å²) < 4.78 is 13.1. The van der Waals surface area contributed by atoms with Crippen LogP contribution in [0.25, 0.3) is 28.2 Å². The standard InChI is InChI=1S/C24H25N5O2/c1-16(2)14-26-21-13-20(17-7-9-25-10-8-17)28-29-22(15-27-23(21)29)18-3-5-19(6-4-18)24-30-11-12-31-24/h3-10,13,15-16,24,26H,11-12,14H2,1-2H3. The minimum Gasteiger partial charge on any atom is -0.382 e. The molecule has 0 bridgehead atoms. The van der Waals surface area contributed by atoms with E-state index in [9.17, 15) is 0 Å². The minimum atomic E-state index is -0.278. The molecule has 4 heterocycles. The molecule has 1 aliphatic rings. The molecular weight excluding hydrogens is 390 g/mol. The van der Waals surface area contributed by atoms with Gasteiger partial charge in [0.05, 0.1) is 36.5 Å². The average Bonchev–Trinajstić information content (AvgIpc) is 3.48. The van der Waals surface area contributed by atoms with Crippen molar-refractivity contribution >= 4 is 11.3 Å². The first-order valence-electron chi connectivity index (χ1n) is 10.6. The van der Waals surface area contributed by atoms with E-state index in [0.29, 0.717) is 19.1 Å². The third-order valence-corrected chi connectivity index (χ3v) is 5.24. The van der Waals surface area contributed by atoms with Crippen molar-refractivity contribution < 1.29 is 9.47 Å². The number of hydrogen-bond donors (Lipinski definition) is 1. The fraction of sp³-hybridized carbons (Fsp3) is 0.292. The van der Waals surface area contributed by atoms with E-state index in [2.05, 4.69) is 47.3 Å². The second kappa shape index (κ2) is 8.45. The number of pyridine rings is 1. The lowest BCUT2D eigenvalue weighted by Gasteiger charge is -2.13. The molecule has 1 aromatic carbocycles. The van der Waals surface area contributed by atoms with E-state index in [4.69, 9.17) is 14.6 Å². The molecule has 5 rings (SSSR count). The van der Waals surface area contributed by atoms with Gasteiger partial charge in [0.25, 0.3) is 0 Å². The molecule has 1 fully saturated rings. The van der Waals surface area contributed by atoms with Gasteiger partial charge < -0.3 is 14.8 Å². The first-order valence-corrected chi connectivity index (χ1v) is 10.6. The molecule has 0 aliphatic carbocycles. The minimum absolute atomic E-state index is 0.278. The fourth-order valence-corrected chi connectivity index (χ4v) is 3.64. The Morgan fingerprint density at radius 3 is 2.48 bits per heavy atom. The Morgan fingerprint density at radius 1 is 1.03 bits per heavy atom. The Morgan fingerprint density at radius 2 is 1.77 bits per heavy atom. The number of ether oxygens (including phenoxy) is 2. The highest BCUT2D eigenvalue weighted by Crippen LogP contribution is 2.30.